The summed E-state index contributed by atoms with van der Waals surface area (Å²) in [5.41, 5.74) is 5.98. The lowest BCUT2D eigenvalue weighted by Gasteiger charge is -2.18. The summed E-state index contributed by atoms with van der Waals surface area (Å²) in [6, 6.07) is 4.35. The zero-order valence-electron chi connectivity index (χ0n) is 12.0. The Bertz CT molecular complexity index is 532. The molecule has 0 aliphatic carbocycles. The van der Waals surface area contributed by atoms with E-state index in [-0.39, 0.29) is 16.0 Å². The highest BCUT2D eigenvalue weighted by molar-refractivity contribution is 7.89. The molecule has 20 heavy (non-hydrogen) atoms. The largest absolute Gasteiger partial charge is 0.398 e. The second kappa shape index (κ2) is 7.86. The number of nitrogens with one attached hydrogen (secondary N) is 1. The minimum Gasteiger partial charge on any atom is -0.398 e. The van der Waals surface area contributed by atoms with Gasteiger partial charge in [0, 0.05) is 6.04 Å². The third kappa shape index (κ3) is 4.96. The molecule has 1 unspecified atom stereocenters. The summed E-state index contributed by atoms with van der Waals surface area (Å²) < 4.78 is 27.4. The van der Waals surface area contributed by atoms with E-state index in [2.05, 4.69) is 11.6 Å². The molecule has 0 saturated carbocycles. The monoisotopic (exact) mass is 318 g/mol. The van der Waals surface area contributed by atoms with Gasteiger partial charge < -0.3 is 5.73 Å². The van der Waals surface area contributed by atoms with E-state index in [1.165, 1.54) is 18.2 Å². The van der Waals surface area contributed by atoms with Crippen LogP contribution < -0.4 is 10.5 Å². The van der Waals surface area contributed by atoms with Crippen molar-refractivity contribution in [3.8, 4) is 0 Å². The smallest absolute Gasteiger partial charge is 0.240 e. The molecule has 0 spiro atoms. The van der Waals surface area contributed by atoms with Crippen LogP contribution in [0, 0.1) is 0 Å². The number of nitrogen functional groups attached to an aromatic ring is 1. The van der Waals surface area contributed by atoms with Crippen molar-refractivity contribution in [2.45, 2.75) is 56.9 Å². The molecule has 0 aromatic heterocycles. The molecule has 1 aromatic rings. The molecule has 0 heterocycles. The Balaban J connectivity index is 2.87. The number of hydrogen-bond donors (Lipinski definition) is 2. The Labute approximate surface area is 126 Å². The van der Waals surface area contributed by atoms with Crippen LogP contribution in [0.5, 0.6) is 0 Å². The highest BCUT2D eigenvalue weighted by Crippen LogP contribution is 2.23. The van der Waals surface area contributed by atoms with Gasteiger partial charge in [-0.2, -0.15) is 0 Å². The minimum atomic E-state index is -3.54. The lowest BCUT2D eigenvalue weighted by molar-refractivity contribution is 0.483. The van der Waals surface area contributed by atoms with Crippen molar-refractivity contribution in [3.63, 3.8) is 0 Å². The molecule has 3 N–H and O–H groups in total. The molecule has 1 rings (SSSR count). The van der Waals surface area contributed by atoms with Gasteiger partial charge in [-0.1, -0.05) is 44.7 Å². The minimum absolute atomic E-state index is 0.0266. The van der Waals surface area contributed by atoms with Gasteiger partial charge in [-0.15, -0.1) is 0 Å². The maximum atomic E-state index is 12.3. The van der Waals surface area contributed by atoms with Crippen LogP contribution in [0.25, 0.3) is 0 Å². The molecule has 1 aromatic carbocycles. The van der Waals surface area contributed by atoms with Gasteiger partial charge in [0.15, 0.2) is 0 Å². The summed E-state index contributed by atoms with van der Waals surface area (Å²) in [5.74, 6) is 0. The SMILES string of the molecule is CCCCC(CCC)NS(=O)(=O)c1ccc(N)c(Cl)c1. The number of sulfonamides is 1. The predicted octanol–water partition coefficient (Wildman–Crippen LogP) is 3.56. The second-order valence-corrected chi connectivity index (χ2v) is 7.05. The number of unbranched alkanes of at least 4 members (excludes halogenated alkanes) is 1. The number of anilines is 1. The van der Waals surface area contributed by atoms with Crippen LogP contribution >= 0.6 is 11.6 Å². The van der Waals surface area contributed by atoms with Crippen LogP contribution in [0.4, 0.5) is 5.69 Å². The van der Waals surface area contributed by atoms with E-state index in [0.29, 0.717) is 5.69 Å². The van der Waals surface area contributed by atoms with Crippen molar-refractivity contribution in [1.82, 2.24) is 4.72 Å². The van der Waals surface area contributed by atoms with Crippen molar-refractivity contribution in [2.24, 2.45) is 0 Å². The van der Waals surface area contributed by atoms with Crippen molar-refractivity contribution in [3.05, 3.63) is 23.2 Å². The van der Waals surface area contributed by atoms with E-state index < -0.39 is 10.0 Å². The normalized spacial score (nSPS) is 13.3. The molecule has 4 nitrogen and oxygen atoms in total. The first kappa shape index (κ1) is 17.3. The molecule has 0 amide bonds. The number of nitrogens with two attached hydrogens (primary N) is 1. The van der Waals surface area contributed by atoms with Crippen LogP contribution in [0.1, 0.15) is 46.0 Å². The maximum Gasteiger partial charge on any atom is 0.240 e. The Morgan fingerprint density at radius 3 is 2.50 bits per heavy atom. The Morgan fingerprint density at radius 1 is 1.25 bits per heavy atom. The summed E-state index contributed by atoms with van der Waals surface area (Å²) >= 11 is 5.88. The number of hydrogen-bond acceptors (Lipinski definition) is 3. The summed E-state index contributed by atoms with van der Waals surface area (Å²) in [4.78, 5) is 0.161. The summed E-state index contributed by atoms with van der Waals surface area (Å²) in [7, 11) is -3.54. The van der Waals surface area contributed by atoms with E-state index in [9.17, 15) is 8.42 Å². The van der Waals surface area contributed by atoms with Gasteiger partial charge in [0.2, 0.25) is 10.0 Å². The van der Waals surface area contributed by atoms with E-state index in [1.54, 1.807) is 0 Å². The third-order valence-electron chi connectivity index (χ3n) is 3.15. The van der Waals surface area contributed by atoms with Gasteiger partial charge in [0.05, 0.1) is 15.6 Å². The predicted molar refractivity (Wildman–Crippen MR) is 84.4 cm³/mol. The van der Waals surface area contributed by atoms with Crippen molar-refractivity contribution in [2.75, 3.05) is 5.73 Å². The van der Waals surface area contributed by atoms with E-state index in [4.69, 9.17) is 17.3 Å². The Morgan fingerprint density at radius 2 is 1.95 bits per heavy atom. The second-order valence-electron chi connectivity index (χ2n) is 4.93. The topological polar surface area (TPSA) is 72.2 Å². The molecule has 0 fully saturated rings. The highest BCUT2D eigenvalue weighted by atomic mass is 35.5. The number of rotatable bonds is 8. The van der Waals surface area contributed by atoms with Crippen LogP contribution in [-0.2, 0) is 10.0 Å². The summed E-state index contributed by atoms with van der Waals surface area (Å²) in [6.45, 7) is 4.14. The molecule has 1 atom stereocenters. The van der Waals surface area contributed by atoms with Gasteiger partial charge in [-0.3, -0.25) is 0 Å². The lowest BCUT2D eigenvalue weighted by Crippen LogP contribution is -2.34. The van der Waals surface area contributed by atoms with E-state index >= 15 is 0 Å². The van der Waals surface area contributed by atoms with E-state index in [0.717, 1.165) is 32.1 Å². The van der Waals surface area contributed by atoms with Gasteiger partial charge in [0.25, 0.3) is 0 Å². The van der Waals surface area contributed by atoms with Crippen LogP contribution in [-0.4, -0.2) is 14.5 Å². The zero-order chi connectivity index (χ0) is 15.2. The average Bonchev–Trinajstić information content (AvgIpc) is 2.39. The average molecular weight is 319 g/mol. The van der Waals surface area contributed by atoms with Crippen LogP contribution in [0.15, 0.2) is 23.1 Å². The molecule has 6 heteroatoms. The molecular formula is C14H23ClN2O2S. The Kier molecular flexibility index (Phi) is 6.79. The molecule has 0 aliphatic rings. The Hall–Kier alpha value is -0.780. The van der Waals surface area contributed by atoms with Gasteiger partial charge >= 0.3 is 0 Å². The van der Waals surface area contributed by atoms with Crippen LogP contribution in [0.2, 0.25) is 5.02 Å². The van der Waals surface area contributed by atoms with E-state index in [1.807, 2.05) is 6.92 Å². The summed E-state index contributed by atoms with van der Waals surface area (Å²) in [6.07, 6.45) is 4.69. The molecule has 0 saturated heterocycles. The van der Waals surface area contributed by atoms with Crippen LogP contribution in [0.3, 0.4) is 0 Å². The molecule has 0 aliphatic heterocycles. The van der Waals surface area contributed by atoms with Crippen molar-refractivity contribution < 1.29 is 8.42 Å². The fraction of sp³-hybridized carbons (Fsp3) is 0.571. The third-order valence-corrected chi connectivity index (χ3v) is 4.99. The fourth-order valence-electron chi connectivity index (χ4n) is 2.02. The molecule has 0 radical (unpaired) electrons. The lowest BCUT2D eigenvalue weighted by atomic mass is 10.1. The van der Waals surface area contributed by atoms with Gasteiger partial charge in [0.1, 0.15) is 0 Å². The molecule has 114 valence electrons. The van der Waals surface area contributed by atoms with Crippen molar-refractivity contribution in [1.29, 1.82) is 0 Å². The first-order chi connectivity index (χ1) is 9.40. The standard InChI is InChI=1S/C14H23ClN2O2S/c1-3-5-7-11(6-4-2)17-20(18,19)12-8-9-14(16)13(15)10-12/h8-11,17H,3-7,16H2,1-2H3. The molecular weight excluding hydrogens is 296 g/mol. The zero-order valence-corrected chi connectivity index (χ0v) is 13.6. The first-order valence-electron chi connectivity index (χ1n) is 6.98. The highest BCUT2D eigenvalue weighted by Gasteiger charge is 2.20. The number of halogens is 1. The maximum absolute atomic E-state index is 12.3. The van der Waals surface area contributed by atoms with Crippen molar-refractivity contribution >= 4 is 27.3 Å². The quantitative estimate of drug-likeness (QED) is 0.720. The first-order valence-corrected chi connectivity index (χ1v) is 8.84. The summed E-state index contributed by atoms with van der Waals surface area (Å²) in [5, 5.41) is 0.258. The van der Waals surface area contributed by atoms with Gasteiger partial charge in [-0.05, 0) is 31.0 Å². The number of benzene rings is 1. The molecule has 0 bridgehead atoms. The fourth-order valence-corrected chi connectivity index (χ4v) is 3.60. The van der Waals surface area contributed by atoms with Gasteiger partial charge in [-0.25, -0.2) is 13.1 Å².